The first-order valence-electron chi connectivity index (χ1n) is 9.10. The summed E-state index contributed by atoms with van der Waals surface area (Å²) in [6.07, 6.45) is 5.59. The lowest BCUT2D eigenvalue weighted by atomic mass is 9.83. The van der Waals surface area contributed by atoms with Gasteiger partial charge in [0.25, 0.3) is 5.56 Å². The van der Waals surface area contributed by atoms with E-state index in [1.54, 1.807) is 19.4 Å². The minimum absolute atomic E-state index is 0.162. The number of nitrogens with two attached hydrogens (primary N) is 1. The lowest BCUT2D eigenvalue weighted by Gasteiger charge is -2.24. The van der Waals surface area contributed by atoms with Gasteiger partial charge in [0, 0.05) is 23.0 Å². The van der Waals surface area contributed by atoms with E-state index >= 15 is 0 Å². The first-order valence-corrected chi connectivity index (χ1v) is 9.10. The molecule has 5 heteroatoms. The van der Waals surface area contributed by atoms with Crippen molar-refractivity contribution in [3.8, 4) is 16.9 Å². The third kappa shape index (κ3) is 4.14. The molecule has 1 heterocycles. The standard InChI is InChI=1S/C23H25N3O2/c1-23(2,3)20-14-17(19-11-12-25-26-22(19)27)13-16(21(20)28-4)8-5-15-6-9-18(24)10-7-15/h5-14H,24H2,1-4H3,(H,26,27)/b8-5+. The molecule has 0 aliphatic rings. The molecule has 0 spiro atoms. The number of aromatic nitrogens is 2. The molecule has 0 radical (unpaired) electrons. The second kappa shape index (κ2) is 7.72. The normalized spacial score (nSPS) is 11.7. The van der Waals surface area contributed by atoms with Gasteiger partial charge >= 0.3 is 0 Å². The maximum atomic E-state index is 12.3. The number of nitrogen functional groups attached to an aromatic ring is 1. The van der Waals surface area contributed by atoms with Gasteiger partial charge in [0.05, 0.1) is 12.7 Å². The monoisotopic (exact) mass is 375 g/mol. The van der Waals surface area contributed by atoms with Crippen molar-refractivity contribution >= 4 is 17.8 Å². The van der Waals surface area contributed by atoms with Crippen LogP contribution in [0.4, 0.5) is 5.69 Å². The largest absolute Gasteiger partial charge is 0.496 e. The number of nitrogens with one attached hydrogen (secondary N) is 1. The molecule has 0 aliphatic heterocycles. The van der Waals surface area contributed by atoms with E-state index in [9.17, 15) is 4.79 Å². The Balaban J connectivity index is 2.19. The highest BCUT2D eigenvalue weighted by Gasteiger charge is 2.22. The number of methoxy groups -OCH3 is 1. The number of H-pyrrole nitrogens is 1. The summed E-state index contributed by atoms with van der Waals surface area (Å²) in [6.45, 7) is 6.37. The highest BCUT2D eigenvalue weighted by Crippen LogP contribution is 2.38. The zero-order valence-corrected chi connectivity index (χ0v) is 16.6. The molecule has 0 amide bonds. The van der Waals surface area contributed by atoms with E-state index in [-0.39, 0.29) is 11.0 Å². The Hall–Kier alpha value is -3.34. The average Bonchev–Trinajstić information content (AvgIpc) is 2.66. The molecule has 0 aliphatic carbocycles. The van der Waals surface area contributed by atoms with Crippen molar-refractivity contribution in [3.05, 3.63) is 75.7 Å². The van der Waals surface area contributed by atoms with Crippen molar-refractivity contribution in [3.63, 3.8) is 0 Å². The molecule has 28 heavy (non-hydrogen) atoms. The summed E-state index contributed by atoms with van der Waals surface area (Å²) >= 11 is 0. The molecule has 144 valence electrons. The van der Waals surface area contributed by atoms with Gasteiger partial charge in [0.1, 0.15) is 5.75 Å². The molecule has 3 N–H and O–H groups in total. The van der Waals surface area contributed by atoms with Crippen molar-refractivity contribution < 1.29 is 4.74 Å². The van der Waals surface area contributed by atoms with E-state index in [2.05, 4.69) is 31.0 Å². The molecule has 3 rings (SSSR count). The zero-order valence-electron chi connectivity index (χ0n) is 16.6. The molecule has 0 saturated carbocycles. The van der Waals surface area contributed by atoms with Gasteiger partial charge in [-0.15, -0.1) is 0 Å². The highest BCUT2D eigenvalue weighted by molar-refractivity contribution is 5.78. The van der Waals surface area contributed by atoms with Gasteiger partial charge in [0.2, 0.25) is 0 Å². The van der Waals surface area contributed by atoms with Crippen LogP contribution in [-0.4, -0.2) is 17.3 Å². The highest BCUT2D eigenvalue weighted by atomic mass is 16.5. The SMILES string of the molecule is COc1c(/C=C/c2ccc(N)cc2)cc(-c2ccn[nH]c2=O)cc1C(C)(C)C. The third-order valence-electron chi connectivity index (χ3n) is 4.56. The van der Waals surface area contributed by atoms with E-state index in [1.165, 1.54) is 0 Å². The van der Waals surface area contributed by atoms with Crippen LogP contribution in [0.15, 0.2) is 53.5 Å². The fraction of sp³-hybridized carbons (Fsp3) is 0.217. The Labute approximate surface area is 164 Å². The third-order valence-corrected chi connectivity index (χ3v) is 4.56. The Morgan fingerprint density at radius 1 is 1.07 bits per heavy atom. The number of benzene rings is 2. The Morgan fingerprint density at radius 3 is 2.39 bits per heavy atom. The quantitative estimate of drug-likeness (QED) is 0.520. The van der Waals surface area contributed by atoms with E-state index in [0.29, 0.717) is 5.56 Å². The first kappa shape index (κ1) is 19.4. The predicted molar refractivity (Wildman–Crippen MR) is 115 cm³/mol. The van der Waals surface area contributed by atoms with Crippen LogP contribution in [-0.2, 0) is 5.41 Å². The lowest BCUT2D eigenvalue weighted by Crippen LogP contribution is -2.15. The van der Waals surface area contributed by atoms with Gasteiger partial charge in [-0.1, -0.05) is 45.1 Å². The maximum absolute atomic E-state index is 12.3. The van der Waals surface area contributed by atoms with Gasteiger partial charge in [-0.25, -0.2) is 5.10 Å². The molecule has 0 fully saturated rings. The summed E-state index contributed by atoms with van der Waals surface area (Å²) in [4.78, 5) is 12.3. The van der Waals surface area contributed by atoms with Crippen LogP contribution in [0.25, 0.3) is 23.3 Å². The number of aromatic amines is 1. The fourth-order valence-corrected chi connectivity index (χ4v) is 3.08. The van der Waals surface area contributed by atoms with Gasteiger partial charge in [-0.2, -0.15) is 5.10 Å². The van der Waals surface area contributed by atoms with Crippen molar-refractivity contribution in [2.75, 3.05) is 12.8 Å². The zero-order chi connectivity index (χ0) is 20.3. The number of hydrogen-bond donors (Lipinski definition) is 2. The summed E-state index contributed by atoms with van der Waals surface area (Å²) in [6, 6.07) is 13.4. The Kier molecular flexibility index (Phi) is 5.36. The Morgan fingerprint density at radius 2 is 1.79 bits per heavy atom. The van der Waals surface area contributed by atoms with Crippen LogP contribution in [0.1, 0.15) is 37.5 Å². The van der Waals surface area contributed by atoms with Crippen molar-refractivity contribution in [2.24, 2.45) is 0 Å². The molecule has 2 aromatic carbocycles. The van der Waals surface area contributed by atoms with Crippen molar-refractivity contribution in [1.29, 1.82) is 0 Å². The van der Waals surface area contributed by atoms with E-state index in [1.807, 2.05) is 48.6 Å². The number of rotatable bonds is 4. The van der Waals surface area contributed by atoms with E-state index in [0.717, 1.165) is 33.7 Å². The van der Waals surface area contributed by atoms with Gasteiger partial charge in [0.15, 0.2) is 0 Å². The molecule has 0 unspecified atom stereocenters. The Bertz CT molecular complexity index is 1060. The van der Waals surface area contributed by atoms with E-state index < -0.39 is 0 Å². The van der Waals surface area contributed by atoms with E-state index in [4.69, 9.17) is 10.5 Å². The maximum Gasteiger partial charge on any atom is 0.272 e. The van der Waals surface area contributed by atoms with Crippen LogP contribution in [0.2, 0.25) is 0 Å². The topological polar surface area (TPSA) is 81.0 Å². The minimum atomic E-state index is -0.221. The number of anilines is 1. The smallest absolute Gasteiger partial charge is 0.272 e. The second-order valence-corrected chi connectivity index (χ2v) is 7.70. The fourth-order valence-electron chi connectivity index (χ4n) is 3.08. The predicted octanol–water partition coefficient (Wildman–Crippen LogP) is 4.50. The summed E-state index contributed by atoms with van der Waals surface area (Å²) in [5.41, 5.74) is 10.5. The number of nitrogens with zero attached hydrogens (tertiary/aromatic N) is 1. The summed E-state index contributed by atoms with van der Waals surface area (Å²) in [5, 5.41) is 6.30. The summed E-state index contributed by atoms with van der Waals surface area (Å²) < 4.78 is 5.76. The molecule has 0 atom stereocenters. The molecule has 0 bridgehead atoms. The van der Waals surface area contributed by atoms with Crippen LogP contribution >= 0.6 is 0 Å². The molecule has 3 aromatic rings. The van der Waals surface area contributed by atoms with Crippen molar-refractivity contribution in [1.82, 2.24) is 10.2 Å². The van der Waals surface area contributed by atoms with Gasteiger partial charge in [-0.3, -0.25) is 4.79 Å². The second-order valence-electron chi connectivity index (χ2n) is 7.70. The van der Waals surface area contributed by atoms with Gasteiger partial charge < -0.3 is 10.5 Å². The molecular weight excluding hydrogens is 350 g/mol. The first-order chi connectivity index (χ1) is 13.3. The minimum Gasteiger partial charge on any atom is -0.496 e. The van der Waals surface area contributed by atoms with Crippen LogP contribution < -0.4 is 16.0 Å². The number of hydrogen-bond acceptors (Lipinski definition) is 4. The molecule has 1 aromatic heterocycles. The summed E-state index contributed by atoms with van der Waals surface area (Å²) in [5.74, 6) is 0.799. The average molecular weight is 375 g/mol. The van der Waals surface area contributed by atoms with Crippen LogP contribution in [0.3, 0.4) is 0 Å². The molecule has 5 nitrogen and oxygen atoms in total. The number of ether oxygens (including phenoxy) is 1. The van der Waals surface area contributed by atoms with Gasteiger partial charge in [-0.05, 0) is 46.9 Å². The lowest BCUT2D eigenvalue weighted by molar-refractivity contribution is 0.397. The van der Waals surface area contributed by atoms with Crippen molar-refractivity contribution in [2.45, 2.75) is 26.2 Å². The molecule has 0 saturated heterocycles. The van der Waals surface area contributed by atoms with Crippen LogP contribution in [0.5, 0.6) is 5.75 Å². The van der Waals surface area contributed by atoms with Crippen LogP contribution in [0, 0.1) is 0 Å². The summed E-state index contributed by atoms with van der Waals surface area (Å²) in [7, 11) is 1.67. The molecular formula is C23H25N3O2.